The highest BCUT2D eigenvalue weighted by atomic mass is 35.5. The lowest BCUT2D eigenvalue weighted by molar-refractivity contribution is -0.122. The molecule has 6 nitrogen and oxygen atoms in total. The van der Waals surface area contributed by atoms with Crippen molar-refractivity contribution in [3.63, 3.8) is 0 Å². The van der Waals surface area contributed by atoms with Gasteiger partial charge in [-0.3, -0.25) is 4.79 Å². The van der Waals surface area contributed by atoms with Crippen LogP contribution in [0.2, 0.25) is 10.0 Å². The van der Waals surface area contributed by atoms with Crippen LogP contribution in [0.5, 0.6) is 11.5 Å². The fourth-order valence-electron chi connectivity index (χ4n) is 2.61. The molecule has 28 heavy (non-hydrogen) atoms. The molecule has 2 aromatic carbocycles. The van der Waals surface area contributed by atoms with Crippen LogP contribution in [0.3, 0.4) is 0 Å². The quantitative estimate of drug-likeness (QED) is 0.635. The van der Waals surface area contributed by atoms with Gasteiger partial charge in [-0.2, -0.15) is 0 Å². The first kappa shape index (κ1) is 19.9. The summed E-state index contributed by atoms with van der Waals surface area (Å²) in [4.78, 5) is 19.4. The highest BCUT2D eigenvalue weighted by Gasteiger charge is 2.13. The number of nitrogens with zero attached hydrogens (tertiary/aromatic N) is 2. The second-order valence-corrected chi connectivity index (χ2v) is 6.76. The molecule has 0 aliphatic carbocycles. The summed E-state index contributed by atoms with van der Waals surface area (Å²) in [5.74, 6) is 0.282. The number of hydrogen-bond donors (Lipinski definition) is 2. The van der Waals surface area contributed by atoms with Crippen LogP contribution in [-0.2, 0) is 11.2 Å². The SMILES string of the molecule is CNC(=O)COc1cc(Cl)c(Cc2ccc(O)c(-c3ccncn3)c2)c(Cl)c1. The van der Waals surface area contributed by atoms with Crippen LogP contribution in [0.1, 0.15) is 11.1 Å². The summed E-state index contributed by atoms with van der Waals surface area (Å²) in [5.41, 5.74) is 2.83. The number of likely N-dealkylation sites (N-methyl/N-ethyl adjacent to an activating group) is 1. The van der Waals surface area contributed by atoms with Gasteiger partial charge in [0.05, 0.1) is 5.69 Å². The molecule has 0 aliphatic rings. The highest BCUT2D eigenvalue weighted by molar-refractivity contribution is 6.36. The number of phenolic OH excluding ortho intramolecular Hbond substituents is 1. The molecule has 0 spiro atoms. The summed E-state index contributed by atoms with van der Waals surface area (Å²) in [7, 11) is 1.53. The number of carbonyl (C=O) groups is 1. The predicted molar refractivity (Wildman–Crippen MR) is 108 cm³/mol. The molecular weight excluding hydrogens is 401 g/mol. The number of hydrogen-bond acceptors (Lipinski definition) is 5. The van der Waals surface area contributed by atoms with E-state index in [1.54, 1.807) is 36.5 Å². The Morgan fingerprint density at radius 2 is 1.93 bits per heavy atom. The zero-order chi connectivity index (χ0) is 20.1. The van der Waals surface area contributed by atoms with Crippen LogP contribution in [0.25, 0.3) is 11.3 Å². The van der Waals surface area contributed by atoms with Gasteiger partial charge in [0, 0.05) is 35.3 Å². The Kier molecular flexibility index (Phi) is 6.34. The first-order valence-corrected chi connectivity index (χ1v) is 9.13. The van der Waals surface area contributed by atoms with E-state index in [0.717, 1.165) is 11.1 Å². The Bertz CT molecular complexity index is 974. The van der Waals surface area contributed by atoms with Crippen molar-refractivity contribution in [2.24, 2.45) is 0 Å². The van der Waals surface area contributed by atoms with Crippen molar-refractivity contribution >= 4 is 29.1 Å². The van der Waals surface area contributed by atoms with Gasteiger partial charge in [0.2, 0.25) is 0 Å². The van der Waals surface area contributed by atoms with E-state index < -0.39 is 0 Å². The third-order valence-electron chi connectivity index (χ3n) is 4.06. The minimum atomic E-state index is -0.252. The zero-order valence-electron chi connectivity index (χ0n) is 14.9. The number of aromatic hydroxyl groups is 1. The molecule has 0 bridgehead atoms. The van der Waals surface area contributed by atoms with Crippen molar-refractivity contribution in [3.8, 4) is 22.8 Å². The van der Waals surface area contributed by atoms with Crippen LogP contribution in [0.4, 0.5) is 0 Å². The Labute approximate surface area is 172 Å². The molecule has 3 aromatic rings. The lowest BCUT2D eigenvalue weighted by Crippen LogP contribution is -2.24. The molecule has 0 aliphatic heterocycles. The Balaban J connectivity index is 1.85. The van der Waals surface area contributed by atoms with E-state index in [-0.39, 0.29) is 18.3 Å². The summed E-state index contributed by atoms with van der Waals surface area (Å²) in [5, 5.41) is 13.5. The molecule has 2 N–H and O–H groups in total. The Morgan fingerprint density at radius 3 is 2.57 bits per heavy atom. The van der Waals surface area contributed by atoms with Crippen molar-refractivity contribution in [1.29, 1.82) is 0 Å². The molecular formula is C20H17Cl2N3O3. The Hall–Kier alpha value is -2.83. The maximum absolute atomic E-state index is 11.3. The third-order valence-corrected chi connectivity index (χ3v) is 4.74. The number of phenols is 1. The standard InChI is InChI=1S/C20H17Cl2N3O3/c1-23-20(27)10-28-13-8-16(21)14(17(22)9-13)6-12-2-3-19(26)15(7-12)18-4-5-24-11-25-18/h2-5,7-9,11,26H,6,10H2,1H3,(H,23,27). The van der Waals surface area contributed by atoms with Crippen molar-refractivity contribution in [1.82, 2.24) is 15.3 Å². The number of aromatic nitrogens is 2. The average Bonchev–Trinajstić information content (AvgIpc) is 2.70. The minimum Gasteiger partial charge on any atom is -0.507 e. The molecule has 3 rings (SSSR count). The van der Waals surface area contributed by atoms with E-state index in [1.165, 1.54) is 13.4 Å². The van der Waals surface area contributed by atoms with Gasteiger partial charge in [-0.15, -0.1) is 0 Å². The van der Waals surface area contributed by atoms with Crippen LogP contribution >= 0.6 is 23.2 Å². The second kappa shape index (κ2) is 8.91. The summed E-state index contributed by atoms with van der Waals surface area (Å²) < 4.78 is 5.39. The van der Waals surface area contributed by atoms with E-state index in [2.05, 4.69) is 15.3 Å². The molecule has 0 fully saturated rings. The van der Waals surface area contributed by atoms with E-state index in [4.69, 9.17) is 27.9 Å². The third kappa shape index (κ3) is 4.71. The molecule has 1 aromatic heterocycles. The van der Waals surface area contributed by atoms with Crippen LogP contribution in [-0.4, -0.2) is 34.6 Å². The average molecular weight is 418 g/mol. The van der Waals surface area contributed by atoms with E-state index in [1.807, 2.05) is 6.07 Å². The molecule has 0 saturated heterocycles. The van der Waals surface area contributed by atoms with Gasteiger partial charge >= 0.3 is 0 Å². The minimum absolute atomic E-state index is 0.122. The number of carbonyl (C=O) groups excluding carboxylic acids is 1. The first-order chi connectivity index (χ1) is 13.5. The van der Waals surface area contributed by atoms with Gasteiger partial charge in [-0.05, 0) is 41.5 Å². The van der Waals surface area contributed by atoms with Crippen molar-refractivity contribution in [2.75, 3.05) is 13.7 Å². The molecule has 1 heterocycles. The molecule has 144 valence electrons. The van der Waals surface area contributed by atoms with Crippen LogP contribution < -0.4 is 10.1 Å². The smallest absolute Gasteiger partial charge is 0.257 e. The Morgan fingerprint density at radius 1 is 1.18 bits per heavy atom. The first-order valence-electron chi connectivity index (χ1n) is 8.37. The van der Waals surface area contributed by atoms with Gasteiger partial charge in [0.1, 0.15) is 17.8 Å². The van der Waals surface area contributed by atoms with E-state index in [9.17, 15) is 9.90 Å². The largest absolute Gasteiger partial charge is 0.507 e. The lowest BCUT2D eigenvalue weighted by Gasteiger charge is -2.12. The molecule has 0 saturated carbocycles. The lowest BCUT2D eigenvalue weighted by atomic mass is 10.0. The summed E-state index contributed by atoms with van der Waals surface area (Å²) in [6.07, 6.45) is 3.48. The summed E-state index contributed by atoms with van der Waals surface area (Å²) in [6.45, 7) is -0.122. The highest BCUT2D eigenvalue weighted by Crippen LogP contribution is 2.34. The van der Waals surface area contributed by atoms with Crippen molar-refractivity contribution in [3.05, 3.63) is 70.1 Å². The van der Waals surface area contributed by atoms with Gasteiger partial charge in [-0.25, -0.2) is 9.97 Å². The number of rotatable bonds is 6. The second-order valence-electron chi connectivity index (χ2n) is 5.95. The van der Waals surface area contributed by atoms with Gasteiger partial charge in [0.25, 0.3) is 5.91 Å². The number of benzene rings is 2. The van der Waals surface area contributed by atoms with Gasteiger partial charge < -0.3 is 15.2 Å². The molecule has 0 radical (unpaired) electrons. The summed E-state index contributed by atoms with van der Waals surface area (Å²) in [6, 6.07) is 10.2. The predicted octanol–water partition coefficient (Wildman–Crippen LogP) is 3.87. The van der Waals surface area contributed by atoms with E-state index >= 15 is 0 Å². The number of nitrogens with one attached hydrogen (secondary N) is 1. The van der Waals surface area contributed by atoms with Crippen molar-refractivity contribution < 1.29 is 14.6 Å². The van der Waals surface area contributed by atoms with Crippen LogP contribution in [0, 0.1) is 0 Å². The topological polar surface area (TPSA) is 84.3 Å². The fourth-order valence-corrected chi connectivity index (χ4v) is 3.21. The van der Waals surface area contributed by atoms with Crippen LogP contribution in [0.15, 0.2) is 48.9 Å². The van der Waals surface area contributed by atoms with Crippen molar-refractivity contribution in [2.45, 2.75) is 6.42 Å². The molecule has 0 atom stereocenters. The molecule has 0 unspecified atom stereocenters. The molecule has 8 heteroatoms. The zero-order valence-corrected chi connectivity index (χ0v) is 16.5. The van der Waals surface area contributed by atoms with Gasteiger partial charge in [0.15, 0.2) is 6.61 Å². The maximum Gasteiger partial charge on any atom is 0.257 e. The number of ether oxygens (including phenoxy) is 1. The number of amides is 1. The summed E-state index contributed by atoms with van der Waals surface area (Å²) >= 11 is 12.8. The number of halogens is 2. The maximum atomic E-state index is 11.3. The van der Waals surface area contributed by atoms with E-state index in [0.29, 0.717) is 33.5 Å². The fraction of sp³-hybridized carbons (Fsp3) is 0.150. The normalized spacial score (nSPS) is 10.5. The molecule has 1 amide bonds. The van der Waals surface area contributed by atoms with Gasteiger partial charge in [-0.1, -0.05) is 29.3 Å². The monoisotopic (exact) mass is 417 g/mol.